The van der Waals surface area contributed by atoms with Gasteiger partial charge in [-0.05, 0) is 29.8 Å². The molecule has 0 saturated heterocycles. The molecule has 0 saturated carbocycles. The Bertz CT molecular complexity index is 965. The normalized spacial score (nSPS) is 10.9. The van der Waals surface area contributed by atoms with Crippen LogP contribution in [0.1, 0.15) is 15.9 Å². The molecule has 0 radical (unpaired) electrons. The van der Waals surface area contributed by atoms with Crippen molar-refractivity contribution in [3.8, 4) is 0 Å². The highest BCUT2D eigenvalue weighted by atomic mass is 35.5. The van der Waals surface area contributed by atoms with Crippen molar-refractivity contribution in [1.29, 1.82) is 0 Å². The second kappa shape index (κ2) is 6.02. The van der Waals surface area contributed by atoms with Crippen molar-refractivity contribution in [2.45, 2.75) is 6.54 Å². The van der Waals surface area contributed by atoms with Crippen molar-refractivity contribution in [3.63, 3.8) is 0 Å². The summed E-state index contributed by atoms with van der Waals surface area (Å²) in [4.78, 5) is 27.8. The van der Waals surface area contributed by atoms with Crippen molar-refractivity contribution in [2.24, 2.45) is 5.73 Å². The number of nitrogens with two attached hydrogens (primary N) is 1. The summed E-state index contributed by atoms with van der Waals surface area (Å²) >= 11 is 12.0. The maximum Gasteiger partial charge on any atom is 0.261 e. The number of primary amides is 1. The molecule has 3 rings (SSSR count). The predicted octanol–water partition coefficient (Wildman–Crippen LogP) is 2.85. The summed E-state index contributed by atoms with van der Waals surface area (Å²) in [5.74, 6) is -0.495. The van der Waals surface area contributed by atoms with Gasteiger partial charge >= 0.3 is 0 Å². The summed E-state index contributed by atoms with van der Waals surface area (Å²) in [6.07, 6.45) is 1.44. The quantitative estimate of drug-likeness (QED) is 0.791. The summed E-state index contributed by atoms with van der Waals surface area (Å²) in [5.41, 5.74) is 6.63. The third kappa shape index (κ3) is 3.06. The first kappa shape index (κ1) is 15.5. The molecular formula is C16H11Cl2N3O2. The van der Waals surface area contributed by atoms with Crippen LogP contribution in [0.2, 0.25) is 10.0 Å². The lowest BCUT2D eigenvalue weighted by atomic mass is 10.1. The van der Waals surface area contributed by atoms with E-state index in [0.717, 1.165) is 5.56 Å². The van der Waals surface area contributed by atoms with E-state index in [-0.39, 0.29) is 5.56 Å². The lowest BCUT2D eigenvalue weighted by Crippen LogP contribution is -2.21. The number of carbonyl (C=O) groups is 1. The van der Waals surface area contributed by atoms with Crippen LogP contribution in [0.25, 0.3) is 10.9 Å². The monoisotopic (exact) mass is 347 g/mol. The molecule has 0 fully saturated rings. The fourth-order valence-electron chi connectivity index (χ4n) is 2.28. The van der Waals surface area contributed by atoms with Crippen LogP contribution >= 0.6 is 23.2 Å². The van der Waals surface area contributed by atoms with E-state index in [4.69, 9.17) is 28.9 Å². The maximum atomic E-state index is 12.5. The zero-order chi connectivity index (χ0) is 16.6. The molecule has 0 atom stereocenters. The van der Waals surface area contributed by atoms with Crippen LogP contribution in [-0.2, 0) is 6.54 Å². The Kier molecular flexibility index (Phi) is 4.07. The highest BCUT2D eigenvalue weighted by Gasteiger charge is 2.09. The molecule has 1 aromatic heterocycles. The van der Waals surface area contributed by atoms with Crippen molar-refractivity contribution >= 4 is 40.0 Å². The van der Waals surface area contributed by atoms with Crippen LogP contribution in [0.5, 0.6) is 0 Å². The number of hydrogen-bond donors (Lipinski definition) is 1. The molecule has 0 aliphatic carbocycles. The highest BCUT2D eigenvalue weighted by Crippen LogP contribution is 2.24. The van der Waals surface area contributed by atoms with Crippen LogP contribution in [0.4, 0.5) is 0 Å². The van der Waals surface area contributed by atoms with E-state index in [2.05, 4.69) is 4.98 Å². The van der Waals surface area contributed by atoms with E-state index >= 15 is 0 Å². The average molecular weight is 348 g/mol. The van der Waals surface area contributed by atoms with Gasteiger partial charge in [0.1, 0.15) is 0 Å². The molecule has 0 aliphatic heterocycles. The second-order valence-corrected chi connectivity index (χ2v) is 5.87. The summed E-state index contributed by atoms with van der Waals surface area (Å²) in [7, 11) is 0. The first-order chi connectivity index (χ1) is 11.0. The number of carbonyl (C=O) groups excluding carboxylic acids is 1. The topological polar surface area (TPSA) is 78.0 Å². The second-order valence-electron chi connectivity index (χ2n) is 5.02. The van der Waals surface area contributed by atoms with Gasteiger partial charge in [-0.25, -0.2) is 4.98 Å². The number of rotatable bonds is 3. The molecule has 1 amide bonds. The molecular weight excluding hydrogens is 337 g/mol. The summed E-state index contributed by atoms with van der Waals surface area (Å²) in [6, 6.07) is 9.80. The Morgan fingerprint density at radius 2 is 1.87 bits per heavy atom. The van der Waals surface area contributed by atoms with Crippen molar-refractivity contribution in [3.05, 3.63) is 74.3 Å². The van der Waals surface area contributed by atoms with Crippen molar-refractivity contribution in [2.75, 3.05) is 0 Å². The van der Waals surface area contributed by atoms with Gasteiger partial charge in [0, 0.05) is 10.6 Å². The fourth-order valence-corrected chi connectivity index (χ4v) is 2.82. The lowest BCUT2D eigenvalue weighted by Gasteiger charge is -2.08. The van der Waals surface area contributed by atoms with Gasteiger partial charge < -0.3 is 5.73 Å². The van der Waals surface area contributed by atoms with Crippen LogP contribution < -0.4 is 11.3 Å². The number of aromatic nitrogens is 2. The van der Waals surface area contributed by atoms with E-state index in [1.807, 2.05) is 0 Å². The van der Waals surface area contributed by atoms with Gasteiger partial charge in [0.25, 0.3) is 5.56 Å². The summed E-state index contributed by atoms with van der Waals surface area (Å²) < 4.78 is 1.45. The standard InChI is InChI=1S/C16H11Cl2N3O2/c17-11-5-12-14(13(18)6-11)20-8-21(16(12)23)7-9-1-3-10(4-2-9)15(19)22/h1-6,8H,7H2,(H2,19,22). The van der Waals surface area contributed by atoms with Gasteiger partial charge in [-0.15, -0.1) is 0 Å². The minimum Gasteiger partial charge on any atom is -0.366 e. The molecule has 0 spiro atoms. The van der Waals surface area contributed by atoms with Gasteiger partial charge in [0.2, 0.25) is 5.91 Å². The van der Waals surface area contributed by atoms with Crippen LogP contribution in [0.3, 0.4) is 0 Å². The van der Waals surface area contributed by atoms with Crippen molar-refractivity contribution < 1.29 is 4.79 Å². The van der Waals surface area contributed by atoms with Crippen LogP contribution in [0.15, 0.2) is 47.5 Å². The molecule has 2 N–H and O–H groups in total. The molecule has 23 heavy (non-hydrogen) atoms. The van der Waals surface area contributed by atoms with Gasteiger partial charge in [-0.2, -0.15) is 0 Å². The number of fused-ring (bicyclic) bond motifs is 1. The molecule has 1 heterocycles. The third-order valence-corrected chi connectivity index (χ3v) is 3.94. The Morgan fingerprint density at radius 3 is 2.52 bits per heavy atom. The smallest absolute Gasteiger partial charge is 0.261 e. The Hall–Kier alpha value is -2.37. The highest BCUT2D eigenvalue weighted by molar-refractivity contribution is 6.38. The van der Waals surface area contributed by atoms with Crippen LogP contribution in [0, 0.1) is 0 Å². The number of hydrogen-bond acceptors (Lipinski definition) is 3. The third-order valence-electron chi connectivity index (χ3n) is 3.44. The molecule has 116 valence electrons. The number of amides is 1. The molecule has 2 aromatic carbocycles. The first-order valence-corrected chi connectivity index (χ1v) is 7.44. The fraction of sp³-hybridized carbons (Fsp3) is 0.0625. The zero-order valence-corrected chi connectivity index (χ0v) is 13.3. The van der Waals surface area contributed by atoms with Gasteiger partial charge in [-0.3, -0.25) is 14.2 Å². The lowest BCUT2D eigenvalue weighted by molar-refractivity contribution is 0.100. The SMILES string of the molecule is NC(=O)c1ccc(Cn2cnc3c(Cl)cc(Cl)cc3c2=O)cc1. The van der Waals surface area contributed by atoms with E-state index < -0.39 is 5.91 Å². The predicted molar refractivity (Wildman–Crippen MR) is 90.1 cm³/mol. The van der Waals surface area contributed by atoms with E-state index in [1.54, 1.807) is 36.4 Å². The number of nitrogens with zero attached hydrogens (tertiary/aromatic N) is 2. The van der Waals surface area contributed by atoms with Gasteiger partial charge in [0.15, 0.2) is 0 Å². The van der Waals surface area contributed by atoms with E-state index in [9.17, 15) is 9.59 Å². The summed E-state index contributed by atoms with van der Waals surface area (Å²) in [6.45, 7) is 0.310. The van der Waals surface area contributed by atoms with E-state index in [0.29, 0.717) is 33.1 Å². The first-order valence-electron chi connectivity index (χ1n) is 6.68. The molecule has 0 aliphatic rings. The number of halogens is 2. The molecule has 0 unspecified atom stereocenters. The minimum atomic E-state index is -0.495. The molecule has 0 bridgehead atoms. The Morgan fingerprint density at radius 1 is 1.17 bits per heavy atom. The number of benzene rings is 2. The maximum absolute atomic E-state index is 12.5. The minimum absolute atomic E-state index is 0.238. The molecule has 5 nitrogen and oxygen atoms in total. The van der Waals surface area contributed by atoms with Gasteiger partial charge in [0.05, 0.1) is 28.8 Å². The largest absolute Gasteiger partial charge is 0.366 e. The average Bonchev–Trinajstić information content (AvgIpc) is 2.51. The van der Waals surface area contributed by atoms with Crippen LogP contribution in [-0.4, -0.2) is 15.5 Å². The molecule has 3 aromatic rings. The molecule has 7 heteroatoms. The summed E-state index contributed by atoms with van der Waals surface area (Å²) in [5, 5.41) is 1.08. The van der Waals surface area contributed by atoms with E-state index in [1.165, 1.54) is 10.9 Å². The zero-order valence-electron chi connectivity index (χ0n) is 11.8. The Balaban J connectivity index is 2.02. The van der Waals surface area contributed by atoms with Crippen molar-refractivity contribution in [1.82, 2.24) is 9.55 Å². The van der Waals surface area contributed by atoms with Gasteiger partial charge in [-0.1, -0.05) is 35.3 Å². The Labute approximate surface area is 141 Å².